The molecule has 4 heteroatoms. The highest BCUT2D eigenvalue weighted by Crippen LogP contribution is 2.19. The van der Waals surface area contributed by atoms with Crippen LogP contribution in [0.25, 0.3) is 0 Å². The standard InChI is InChI=1S/C11H21NO3/c1-11(2,3)8-9(13)12(4)7-6-10(14)15-5/h6-8H2,1-5H3. The summed E-state index contributed by atoms with van der Waals surface area (Å²) in [6.07, 6.45) is 0.744. The number of carbonyl (C=O) groups is 2. The van der Waals surface area contributed by atoms with Crippen molar-refractivity contribution in [3.05, 3.63) is 0 Å². The van der Waals surface area contributed by atoms with Crippen molar-refractivity contribution in [3.63, 3.8) is 0 Å². The quantitative estimate of drug-likeness (QED) is 0.667. The topological polar surface area (TPSA) is 46.6 Å². The summed E-state index contributed by atoms with van der Waals surface area (Å²) in [4.78, 5) is 24.1. The van der Waals surface area contributed by atoms with Crippen LogP contribution in [0.3, 0.4) is 0 Å². The molecule has 0 saturated carbocycles. The van der Waals surface area contributed by atoms with Crippen molar-refractivity contribution in [1.82, 2.24) is 4.90 Å². The van der Waals surface area contributed by atoms with Crippen LogP contribution in [0.2, 0.25) is 0 Å². The summed E-state index contributed by atoms with van der Waals surface area (Å²) in [7, 11) is 3.05. The maximum atomic E-state index is 11.6. The van der Waals surface area contributed by atoms with Crippen molar-refractivity contribution in [1.29, 1.82) is 0 Å². The van der Waals surface area contributed by atoms with Crippen LogP contribution in [0.4, 0.5) is 0 Å². The average molecular weight is 215 g/mol. The third-order valence-electron chi connectivity index (χ3n) is 1.99. The number of carbonyl (C=O) groups excluding carboxylic acids is 2. The minimum absolute atomic E-state index is 0.0173. The second kappa shape index (κ2) is 5.73. The molecule has 1 amide bonds. The number of esters is 1. The van der Waals surface area contributed by atoms with Crippen molar-refractivity contribution < 1.29 is 14.3 Å². The number of methoxy groups -OCH3 is 1. The van der Waals surface area contributed by atoms with Crippen molar-refractivity contribution in [2.75, 3.05) is 20.7 Å². The monoisotopic (exact) mass is 215 g/mol. The fraction of sp³-hybridized carbons (Fsp3) is 0.818. The molecule has 0 saturated heterocycles. The Kier molecular flexibility index (Phi) is 5.33. The first-order valence-electron chi connectivity index (χ1n) is 5.07. The largest absolute Gasteiger partial charge is 0.469 e. The first-order chi connectivity index (χ1) is 6.76. The fourth-order valence-corrected chi connectivity index (χ4v) is 1.07. The van der Waals surface area contributed by atoms with Crippen LogP contribution in [0.1, 0.15) is 33.6 Å². The van der Waals surface area contributed by atoms with E-state index in [-0.39, 0.29) is 23.7 Å². The predicted octanol–water partition coefficient (Wildman–Crippen LogP) is 1.44. The molecule has 0 bridgehead atoms. The van der Waals surface area contributed by atoms with Gasteiger partial charge in [-0.1, -0.05) is 20.8 Å². The Labute approximate surface area is 91.6 Å². The van der Waals surface area contributed by atoms with E-state index in [4.69, 9.17) is 0 Å². The highest BCUT2D eigenvalue weighted by molar-refractivity contribution is 5.77. The average Bonchev–Trinajstić information content (AvgIpc) is 2.10. The zero-order chi connectivity index (χ0) is 12.1. The van der Waals surface area contributed by atoms with Gasteiger partial charge in [0.05, 0.1) is 13.5 Å². The number of ether oxygens (including phenoxy) is 1. The van der Waals surface area contributed by atoms with Gasteiger partial charge in [0.25, 0.3) is 0 Å². The summed E-state index contributed by atoms with van der Waals surface area (Å²) in [6, 6.07) is 0. The van der Waals surface area contributed by atoms with Crippen molar-refractivity contribution in [2.24, 2.45) is 5.41 Å². The van der Waals surface area contributed by atoms with Gasteiger partial charge in [0.2, 0.25) is 5.91 Å². The Morgan fingerprint density at radius 3 is 2.20 bits per heavy atom. The Morgan fingerprint density at radius 1 is 1.27 bits per heavy atom. The molecule has 0 aromatic carbocycles. The van der Waals surface area contributed by atoms with Crippen molar-refractivity contribution in [3.8, 4) is 0 Å². The van der Waals surface area contributed by atoms with Crippen molar-refractivity contribution >= 4 is 11.9 Å². The molecular weight excluding hydrogens is 194 g/mol. The van der Waals surface area contributed by atoms with Gasteiger partial charge < -0.3 is 9.64 Å². The van der Waals surface area contributed by atoms with E-state index in [9.17, 15) is 9.59 Å². The maximum Gasteiger partial charge on any atom is 0.307 e. The Balaban J connectivity index is 3.95. The zero-order valence-electron chi connectivity index (χ0n) is 10.3. The van der Waals surface area contributed by atoms with Gasteiger partial charge in [-0.3, -0.25) is 9.59 Å². The number of amides is 1. The van der Waals surface area contributed by atoms with E-state index in [0.29, 0.717) is 13.0 Å². The van der Waals surface area contributed by atoms with Crippen LogP contribution in [-0.4, -0.2) is 37.5 Å². The van der Waals surface area contributed by atoms with Crippen LogP contribution < -0.4 is 0 Å². The van der Waals surface area contributed by atoms with Crippen LogP contribution in [-0.2, 0) is 14.3 Å². The van der Waals surface area contributed by atoms with Gasteiger partial charge in [-0.05, 0) is 5.41 Å². The van der Waals surface area contributed by atoms with Crippen LogP contribution in [0.5, 0.6) is 0 Å². The number of hydrogen-bond acceptors (Lipinski definition) is 3. The van der Waals surface area contributed by atoms with Crippen LogP contribution in [0, 0.1) is 5.41 Å². The molecule has 88 valence electrons. The Hall–Kier alpha value is -1.06. The summed E-state index contributed by atoms with van der Waals surface area (Å²) < 4.78 is 4.50. The van der Waals surface area contributed by atoms with Crippen LogP contribution >= 0.6 is 0 Å². The molecule has 0 N–H and O–H groups in total. The van der Waals surface area contributed by atoms with E-state index in [1.165, 1.54) is 7.11 Å². The lowest BCUT2D eigenvalue weighted by molar-refractivity contribution is -0.141. The molecule has 0 aliphatic carbocycles. The zero-order valence-corrected chi connectivity index (χ0v) is 10.3. The lowest BCUT2D eigenvalue weighted by Crippen LogP contribution is -2.31. The van der Waals surface area contributed by atoms with Crippen LogP contribution in [0.15, 0.2) is 0 Å². The lowest BCUT2D eigenvalue weighted by Gasteiger charge is -2.22. The smallest absolute Gasteiger partial charge is 0.307 e. The first kappa shape index (κ1) is 13.9. The molecule has 0 aromatic rings. The molecule has 0 aliphatic heterocycles. The molecule has 0 spiro atoms. The molecule has 0 radical (unpaired) electrons. The minimum Gasteiger partial charge on any atom is -0.469 e. The normalized spacial score (nSPS) is 11.0. The van der Waals surface area contributed by atoms with Crippen molar-refractivity contribution in [2.45, 2.75) is 33.6 Å². The Bertz CT molecular complexity index is 230. The molecule has 0 atom stereocenters. The van der Waals surface area contributed by atoms with Gasteiger partial charge in [0.15, 0.2) is 0 Å². The molecule has 0 aromatic heterocycles. The first-order valence-corrected chi connectivity index (χ1v) is 5.07. The van der Waals surface area contributed by atoms with Gasteiger partial charge in [-0.2, -0.15) is 0 Å². The van der Waals surface area contributed by atoms with E-state index in [2.05, 4.69) is 4.74 Å². The summed E-state index contributed by atoms with van der Waals surface area (Å²) in [6.45, 7) is 6.46. The van der Waals surface area contributed by atoms with E-state index in [0.717, 1.165) is 0 Å². The SMILES string of the molecule is COC(=O)CCN(C)C(=O)CC(C)(C)C. The molecule has 0 heterocycles. The van der Waals surface area contributed by atoms with E-state index < -0.39 is 0 Å². The highest BCUT2D eigenvalue weighted by Gasteiger charge is 2.19. The van der Waals surface area contributed by atoms with E-state index in [1.807, 2.05) is 20.8 Å². The number of hydrogen-bond donors (Lipinski definition) is 0. The molecule has 0 fully saturated rings. The second-order valence-electron chi connectivity index (χ2n) is 4.88. The van der Waals surface area contributed by atoms with Gasteiger partial charge in [0.1, 0.15) is 0 Å². The fourth-order valence-electron chi connectivity index (χ4n) is 1.07. The molecule has 0 unspecified atom stereocenters. The van der Waals surface area contributed by atoms with Gasteiger partial charge >= 0.3 is 5.97 Å². The predicted molar refractivity (Wildman–Crippen MR) is 58.3 cm³/mol. The third kappa shape index (κ3) is 6.94. The third-order valence-corrected chi connectivity index (χ3v) is 1.99. The lowest BCUT2D eigenvalue weighted by atomic mass is 9.92. The molecule has 0 aliphatic rings. The molecular formula is C11H21NO3. The summed E-state index contributed by atoms with van der Waals surface area (Å²) in [5.41, 5.74) is -0.0173. The number of rotatable bonds is 4. The molecule has 15 heavy (non-hydrogen) atoms. The van der Waals surface area contributed by atoms with Gasteiger partial charge in [-0.25, -0.2) is 0 Å². The summed E-state index contributed by atoms with van der Waals surface area (Å²) >= 11 is 0. The molecule has 0 rings (SSSR count). The van der Waals surface area contributed by atoms with E-state index in [1.54, 1.807) is 11.9 Å². The number of nitrogens with zero attached hydrogens (tertiary/aromatic N) is 1. The van der Waals surface area contributed by atoms with E-state index >= 15 is 0 Å². The molecule has 4 nitrogen and oxygen atoms in total. The summed E-state index contributed by atoms with van der Waals surface area (Å²) in [5, 5.41) is 0. The second-order valence-corrected chi connectivity index (χ2v) is 4.88. The van der Waals surface area contributed by atoms with Gasteiger partial charge in [-0.15, -0.1) is 0 Å². The maximum absolute atomic E-state index is 11.6. The van der Waals surface area contributed by atoms with Gasteiger partial charge in [0, 0.05) is 20.0 Å². The summed E-state index contributed by atoms with van der Waals surface area (Å²) in [5.74, 6) is -0.225. The Morgan fingerprint density at radius 2 is 1.80 bits per heavy atom. The highest BCUT2D eigenvalue weighted by atomic mass is 16.5. The minimum atomic E-state index is -0.287.